The van der Waals surface area contributed by atoms with Gasteiger partial charge >= 0.3 is 5.97 Å². The number of unbranched alkanes of at least 4 members (excludes halogenated alkanes) is 1. The lowest BCUT2D eigenvalue weighted by atomic mass is 9.78. The molecule has 2 aliphatic rings. The maximum absolute atomic E-state index is 12.4. The third kappa shape index (κ3) is 3.70. The van der Waals surface area contributed by atoms with Gasteiger partial charge in [0.1, 0.15) is 0 Å². The van der Waals surface area contributed by atoms with Crippen molar-refractivity contribution in [3.63, 3.8) is 0 Å². The van der Waals surface area contributed by atoms with Crippen LogP contribution < -0.4 is 0 Å². The third-order valence-electron chi connectivity index (χ3n) is 4.07. The van der Waals surface area contributed by atoms with Crippen molar-refractivity contribution in [3.05, 3.63) is 12.7 Å². The van der Waals surface area contributed by atoms with Crippen LogP contribution in [0.15, 0.2) is 12.7 Å². The fourth-order valence-corrected chi connectivity index (χ4v) is 3.09. The highest BCUT2D eigenvalue weighted by Crippen LogP contribution is 2.46. The van der Waals surface area contributed by atoms with Crippen LogP contribution in [0.25, 0.3) is 0 Å². The van der Waals surface area contributed by atoms with Crippen LogP contribution in [0.3, 0.4) is 0 Å². The standard InChI is InChI=1S/C15H24O5.C2H6/c1-3-4-7-10-18-14(13(16)17-2)8-5-6-9-15(14)19-11-12-20-15;1-2/h3H,1,4-12H2,2H3;1-2H3. The Balaban J connectivity index is 0.00000116. The summed E-state index contributed by atoms with van der Waals surface area (Å²) in [5.74, 6) is -1.36. The van der Waals surface area contributed by atoms with Gasteiger partial charge in [-0.25, -0.2) is 4.79 Å². The highest BCUT2D eigenvalue weighted by atomic mass is 16.8. The van der Waals surface area contributed by atoms with Crippen molar-refractivity contribution in [3.8, 4) is 0 Å². The van der Waals surface area contributed by atoms with E-state index < -0.39 is 17.4 Å². The van der Waals surface area contributed by atoms with Gasteiger partial charge in [0, 0.05) is 13.0 Å². The summed E-state index contributed by atoms with van der Waals surface area (Å²) in [6.07, 6.45) is 6.63. The van der Waals surface area contributed by atoms with Gasteiger partial charge in [0.05, 0.1) is 20.3 Å². The van der Waals surface area contributed by atoms with Gasteiger partial charge < -0.3 is 18.9 Å². The summed E-state index contributed by atoms with van der Waals surface area (Å²) in [6.45, 7) is 9.15. The van der Waals surface area contributed by atoms with Crippen molar-refractivity contribution in [2.75, 3.05) is 26.9 Å². The topological polar surface area (TPSA) is 54.0 Å². The van der Waals surface area contributed by atoms with Gasteiger partial charge in [-0.3, -0.25) is 0 Å². The zero-order valence-electron chi connectivity index (χ0n) is 14.2. The van der Waals surface area contributed by atoms with Crippen LogP contribution in [-0.2, 0) is 23.7 Å². The minimum atomic E-state index is -1.13. The van der Waals surface area contributed by atoms with Crippen molar-refractivity contribution in [2.24, 2.45) is 0 Å². The zero-order valence-corrected chi connectivity index (χ0v) is 14.2. The number of methoxy groups -OCH3 is 1. The van der Waals surface area contributed by atoms with E-state index in [0.717, 1.165) is 25.7 Å². The lowest BCUT2D eigenvalue weighted by molar-refractivity contribution is -0.297. The minimum absolute atomic E-state index is 0.391. The number of ether oxygens (including phenoxy) is 4. The Morgan fingerprint density at radius 3 is 2.45 bits per heavy atom. The molecule has 1 heterocycles. The van der Waals surface area contributed by atoms with Crippen LogP contribution in [0.5, 0.6) is 0 Å². The smallest absolute Gasteiger partial charge is 0.343 e. The van der Waals surface area contributed by atoms with Gasteiger partial charge in [0.2, 0.25) is 11.4 Å². The van der Waals surface area contributed by atoms with E-state index in [1.54, 1.807) is 0 Å². The maximum Gasteiger partial charge on any atom is 0.343 e. The second-order valence-electron chi connectivity index (χ2n) is 5.25. The Bertz CT molecular complexity index is 349. The number of hydrogen-bond acceptors (Lipinski definition) is 5. The molecule has 0 aromatic heterocycles. The van der Waals surface area contributed by atoms with Gasteiger partial charge in [-0.05, 0) is 32.1 Å². The van der Waals surface area contributed by atoms with E-state index in [1.807, 2.05) is 19.9 Å². The number of hydrogen-bond donors (Lipinski definition) is 0. The molecule has 2 fully saturated rings. The molecule has 5 nitrogen and oxygen atoms in total. The molecule has 5 heteroatoms. The molecule has 0 aromatic rings. The van der Waals surface area contributed by atoms with E-state index in [0.29, 0.717) is 32.7 Å². The summed E-state index contributed by atoms with van der Waals surface area (Å²) in [5, 5.41) is 0. The summed E-state index contributed by atoms with van der Waals surface area (Å²) >= 11 is 0. The molecule has 0 radical (unpaired) electrons. The zero-order chi connectivity index (χ0) is 16.5. The molecule has 0 amide bonds. The Morgan fingerprint density at radius 2 is 1.86 bits per heavy atom. The first kappa shape index (κ1) is 19.1. The van der Waals surface area contributed by atoms with Crippen molar-refractivity contribution in [2.45, 2.75) is 63.8 Å². The summed E-state index contributed by atoms with van der Waals surface area (Å²) < 4.78 is 22.6. The second kappa shape index (κ2) is 9.28. The van der Waals surface area contributed by atoms with Crippen molar-refractivity contribution >= 4 is 5.97 Å². The number of carbonyl (C=O) groups is 1. The molecular weight excluding hydrogens is 284 g/mol. The third-order valence-corrected chi connectivity index (χ3v) is 4.07. The number of esters is 1. The lowest BCUT2D eigenvalue weighted by Gasteiger charge is -2.46. The highest BCUT2D eigenvalue weighted by Gasteiger charge is 2.63. The van der Waals surface area contributed by atoms with Crippen molar-refractivity contribution < 1.29 is 23.7 Å². The van der Waals surface area contributed by atoms with E-state index in [4.69, 9.17) is 18.9 Å². The van der Waals surface area contributed by atoms with Crippen molar-refractivity contribution in [1.29, 1.82) is 0 Å². The van der Waals surface area contributed by atoms with Crippen LogP contribution in [0, 0.1) is 0 Å². The number of allylic oxidation sites excluding steroid dienone is 1. The lowest BCUT2D eigenvalue weighted by Crippen LogP contribution is -2.63. The molecule has 1 unspecified atom stereocenters. The van der Waals surface area contributed by atoms with Gasteiger partial charge in [0.25, 0.3) is 0 Å². The Hall–Kier alpha value is -0.910. The molecule has 1 aliphatic carbocycles. The fourth-order valence-electron chi connectivity index (χ4n) is 3.09. The van der Waals surface area contributed by atoms with E-state index >= 15 is 0 Å². The van der Waals surface area contributed by atoms with E-state index in [-0.39, 0.29) is 0 Å². The SMILES string of the molecule is C=CCCCOC1(C(=O)OC)CCCCC12OCCO2.CC. The first-order valence-electron chi connectivity index (χ1n) is 8.32. The summed E-state index contributed by atoms with van der Waals surface area (Å²) in [7, 11) is 1.38. The van der Waals surface area contributed by atoms with Gasteiger partial charge in [-0.15, -0.1) is 6.58 Å². The van der Waals surface area contributed by atoms with Crippen LogP contribution in [0.2, 0.25) is 0 Å². The molecule has 1 saturated carbocycles. The number of rotatable bonds is 6. The van der Waals surface area contributed by atoms with E-state index in [2.05, 4.69) is 6.58 Å². The normalized spacial score (nSPS) is 26.1. The Labute approximate surface area is 133 Å². The summed E-state index contributed by atoms with van der Waals surface area (Å²) in [4.78, 5) is 12.4. The average Bonchev–Trinajstić information content (AvgIpc) is 3.04. The molecule has 0 aromatic carbocycles. The molecule has 2 rings (SSSR count). The second-order valence-corrected chi connectivity index (χ2v) is 5.25. The maximum atomic E-state index is 12.4. The van der Waals surface area contributed by atoms with Crippen LogP contribution in [0.4, 0.5) is 0 Å². The van der Waals surface area contributed by atoms with Gasteiger partial charge in [-0.2, -0.15) is 0 Å². The predicted octanol–water partition coefficient (Wildman–Crippen LogP) is 3.22. The Morgan fingerprint density at radius 1 is 1.23 bits per heavy atom. The number of carbonyl (C=O) groups excluding carboxylic acids is 1. The Kier molecular flexibility index (Phi) is 8.07. The van der Waals surface area contributed by atoms with E-state index in [9.17, 15) is 4.79 Å². The van der Waals surface area contributed by atoms with Crippen LogP contribution in [-0.4, -0.2) is 44.3 Å². The van der Waals surface area contributed by atoms with Gasteiger partial charge in [0.15, 0.2) is 0 Å². The van der Waals surface area contributed by atoms with Crippen LogP contribution >= 0.6 is 0 Å². The molecule has 22 heavy (non-hydrogen) atoms. The first-order valence-corrected chi connectivity index (χ1v) is 8.32. The molecule has 1 aliphatic heterocycles. The summed E-state index contributed by atoms with van der Waals surface area (Å²) in [6, 6.07) is 0. The molecule has 1 spiro atoms. The highest BCUT2D eigenvalue weighted by molar-refractivity contribution is 5.81. The quantitative estimate of drug-likeness (QED) is 0.428. The summed E-state index contributed by atoms with van der Waals surface area (Å²) in [5.41, 5.74) is -1.13. The fraction of sp³-hybridized carbons (Fsp3) is 0.824. The first-order chi connectivity index (χ1) is 10.7. The van der Waals surface area contributed by atoms with Crippen LogP contribution in [0.1, 0.15) is 52.4 Å². The molecule has 0 N–H and O–H groups in total. The molecule has 0 bridgehead atoms. The average molecular weight is 314 g/mol. The van der Waals surface area contributed by atoms with Gasteiger partial charge in [-0.1, -0.05) is 19.9 Å². The van der Waals surface area contributed by atoms with E-state index in [1.165, 1.54) is 7.11 Å². The largest absolute Gasteiger partial charge is 0.467 e. The minimum Gasteiger partial charge on any atom is -0.467 e. The monoisotopic (exact) mass is 314 g/mol. The molecule has 1 saturated heterocycles. The molecular formula is C17H30O5. The van der Waals surface area contributed by atoms with Crippen molar-refractivity contribution in [1.82, 2.24) is 0 Å². The molecule has 1 atom stereocenters. The molecule has 128 valence electrons. The predicted molar refractivity (Wildman–Crippen MR) is 84.6 cm³/mol.